The minimum absolute atomic E-state index is 0.763. The summed E-state index contributed by atoms with van der Waals surface area (Å²) < 4.78 is 0. The van der Waals surface area contributed by atoms with E-state index in [2.05, 4.69) is 82.3 Å². The predicted octanol–water partition coefficient (Wildman–Crippen LogP) is 8.75. The van der Waals surface area contributed by atoms with E-state index in [-0.39, 0.29) is 0 Å². The first-order valence-corrected chi connectivity index (χ1v) is 14.6. The van der Waals surface area contributed by atoms with E-state index in [1.165, 1.54) is 88.2 Å². The van der Waals surface area contributed by atoms with Crippen molar-refractivity contribution in [3.8, 4) is 0 Å². The van der Waals surface area contributed by atoms with Gasteiger partial charge in [-0.25, -0.2) is 0 Å². The fraction of sp³-hybridized carbons (Fsp3) is 0.571. The summed E-state index contributed by atoms with van der Waals surface area (Å²) >= 11 is 0. The Kier molecular flexibility index (Phi) is 9.12. The molecule has 0 N–H and O–H groups in total. The van der Waals surface area contributed by atoms with E-state index < -0.39 is 0 Å². The quantitative estimate of drug-likeness (QED) is 0.359. The van der Waals surface area contributed by atoms with Crippen LogP contribution in [0.1, 0.15) is 75.3 Å². The van der Waals surface area contributed by atoms with Crippen molar-refractivity contribution in [1.29, 1.82) is 0 Å². The van der Waals surface area contributed by atoms with Gasteiger partial charge in [0.1, 0.15) is 0 Å². The van der Waals surface area contributed by atoms with Gasteiger partial charge >= 0.3 is 0 Å². The number of hydrogen-bond acceptors (Lipinski definition) is 2. The van der Waals surface area contributed by atoms with Gasteiger partial charge in [-0.05, 0) is 61.5 Å². The Morgan fingerprint density at radius 3 is 1.27 bits per heavy atom. The molecular formula is C28H38S2. The molecule has 0 saturated heterocycles. The van der Waals surface area contributed by atoms with Crippen LogP contribution in [0.15, 0.2) is 60.7 Å². The Hall–Kier alpha value is -0.860. The minimum Gasteiger partial charge on any atom is -0.0898 e. The summed E-state index contributed by atoms with van der Waals surface area (Å²) in [5.41, 5.74) is 3.05. The van der Waals surface area contributed by atoms with E-state index >= 15 is 0 Å². The molecule has 0 amide bonds. The lowest BCUT2D eigenvalue weighted by Crippen LogP contribution is -2.25. The summed E-state index contributed by atoms with van der Waals surface area (Å²) in [6.07, 6.45) is 16.9. The summed E-state index contributed by atoms with van der Waals surface area (Å²) in [7, 11) is 4.52. The van der Waals surface area contributed by atoms with Gasteiger partial charge in [0.05, 0.1) is 0 Å². The normalized spacial score (nSPS) is 20.7. The molecular weight excluding hydrogens is 400 g/mol. The Morgan fingerprint density at radius 2 is 0.900 bits per heavy atom. The van der Waals surface area contributed by atoms with Crippen LogP contribution in [-0.4, -0.2) is 10.5 Å². The summed E-state index contributed by atoms with van der Waals surface area (Å²) in [4.78, 5) is 0. The molecule has 2 aliphatic carbocycles. The maximum atomic E-state index is 2.34. The average molecular weight is 439 g/mol. The van der Waals surface area contributed by atoms with E-state index in [4.69, 9.17) is 0 Å². The molecule has 4 rings (SSSR count). The highest BCUT2D eigenvalue weighted by Crippen LogP contribution is 2.46. The minimum atomic E-state index is 0.763. The van der Waals surface area contributed by atoms with Crippen molar-refractivity contribution in [1.82, 2.24) is 0 Å². The molecule has 2 unspecified atom stereocenters. The topological polar surface area (TPSA) is 0 Å². The van der Waals surface area contributed by atoms with Crippen molar-refractivity contribution in [3.63, 3.8) is 0 Å². The lowest BCUT2D eigenvalue weighted by Gasteiger charge is -2.33. The fourth-order valence-electron chi connectivity index (χ4n) is 5.41. The van der Waals surface area contributed by atoms with Crippen molar-refractivity contribution in [3.05, 3.63) is 71.8 Å². The number of benzene rings is 2. The largest absolute Gasteiger partial charge is 0.0898 e. The molecule has 0 bridgehead atoms. The summed E-state index contributed by atoms with van der Waals surface area (Å²) in [5.74, 6) is 1.81. The second-order valence-electron chi connectivity index (χ2n) is 9.44. The molecule has 2 heteroatoms. The van der Waals surface area contributed by atoms with Gasteiger partial charge in [-0.2, -0.15) is 0 Å². The first-order valence-electron chi connectivity index (χ1n) is 12.3. The van der Waals surface area contributed by atoms with E-state index in [9.17, 15) is 0 Å². The van der Waals surface area contributed by atoms with Crippen LogP contribution in [0.3, 0.4) is 0 Å². The molecule has 2 atom stereocenters. The molecule has 2 aromatic carbocycles. The third-order valence-corrected chi connectivity index (χ3v) is 10.7. The monoisotopic (exact) mass is 438 g/mol. The van der Waals surface area contributed by atoms with Gasteiger partial charge in [0.2, 0.25) is 0 Å². The van der Waals surface area contributed by atoms with Gasteiger partial charge in [-0.15, -0.1) is 0 Å². The van der Waals surface area contributed by atoms with Crippen LogP contribution >= 0.6 is 21.6 Å². The van der Waals surface area contributed by atoms with Gasteiger partial charge < -0.3 is 0 Å². The van der Waals surface area contributed by atoms with Crippen LogP contribution < -0.4 is 0 Å². The molecule has 2 fully saturated rings. The van der Waals surface area contributed by atoms with Crippen LogP contribution in [-0.2, 0) is 12.8 Å². The lowest BCUT2D eigenvalue weighted by atomic mass is 9.85. The second-order valence-corrected chi connectivity index (χ2v) is 12.2. The maximum absolute atomic E-state index is 2.34. The van der Waals surface area contributed by atoms with Crippen molar-refractivity contribution < 1.29 is 0 Å². The first-order chi connectivity index (χ1) is 14.9. The van der Waals surface area contributed by atoms with Crippen molar-refractivity contribution in [2.45, 2.75) is 87.5 Å². The lowest BCUT2D eigenvalue weighted by molar-refractivity contribution is 0.346. The van der Waals surface area contributed by atoms with E-state index in [1.807, 2.05) is 0 Å². The molecule has 0 heterocycles. The Balaban J connectivity index is 1.44. The second kappa shape index (κ2) is 12.2. The molecule has 0 radical (unpaired) electrons. The highest BCUT2D eigenvalue weighted by Gasteiger charge is 2.29. The predicted molar refractivity (Wildman–Crippen MR) is 136 cm³/mol. The summed E-state index contributed by atoms with van der Waals surface area (Å²) in [6, 6.07) is 22.5. The highest BCUT2D eigenvalue weighted by atomic mass is 33.1. The molecule has 0 spiro atoms. The molecule has 0 aliphatic heterocycles. The summed E-state index contributed by atoms with van der Waals surface area (Å²) in [6.45, 7) is 0. The zero-order chi connectivity index (χ0) is 20.4. The third kappa shape index (κ3) is 6.82. The molecule has 2 aromatic rings. The molecule has 2 aliphatic rings. The van der Waals surface area contributed by atoms with Crippen molar-refractivity contribution in [2.24, 2.45) is 11.8 Å². The van der Waals surface area contributed by atoms with Gasteiger partial charge in [-0.3, -0.25) is 0 Å². The van der Waals surface area contributed by atoms with Gasteiger partial charge in [0.25, 0.3) is 0 Å². The fourth-order valence-corrected chi connectivity index (χ4v) is 9.28. The standard InChI is InChI=1S/C28H38S2/c1-5-13-23(14-6-1)21-27(25-17-9-3-10-18-25)29-30-28(26-19-11-4-12-20-26)22-24-15-7-2-8-16-24/h1-2,5-8,13-16,25-28H,3-4,9-12,17-22H2. The summed E-state index contributed by atoms with van der Waals surface area (Å²) in [5, 5.41) is 1.53. The van der Waals surface area contributed by atoms with Crippen LogP contribution in [0.2, 0.25) is 0 Å². The van der Waals surface area contributed by atoms with Gasteiger partial charge in [0, 0.05) is 10.5 Å². The van der Waals surface area contributed by atoms with Crippen LogP contribution in [0.4, 0.5) is 0 Å². The number of hydrogen-bond donors (Lipinski definition) is 0. The SMILES string of the molecule is c1ccc(CC(SSC(Cc2ccccc2)C2CCCCC2)C2CCCCC2)cc1. The number of rotatable bonds is 9. The van der Waals surface area contributed by atoms with Gasteiger partial charge in [-0.1, -0.05) is 121 Å². The van der Waals surface area contributed by atoms with Crippen molar-refractivity contribution >= 4 is 21.6 Å². The van der Waals surface area contributed by atoms with Crippen molar-refractivity contribution in [2.75, 3.05) is 0 Å². The van der Waals surface area contributed by atoms with Crippen LogP contribution in [0.5, 0.6) is 0 Å². The highest BCUT2D eigenvalue weighted by molar-refractivity contribution is 8.77. The Bertz CT molecular complexity index is 638. The maximum Gasteiger partial charge on any atom is 0.0220 e. The first kappa shape index (κ1) is 22.3. The van der Waals surface area contributed by atoms with E-state index in [0.717, 1.165) is 22.3 Å². The average Bonchev–Trinajstić information content (AvgIpc) is 2.83. The molecule has 30 heavy (non-hydrogen) atoms. The Labute approximate surface area is 192 Å². The van der Waals surface area contributed by atoms with E-state index in [1.54, 1.807) is 0 Å². The van der Waals surface area contributed by atoms with Gasteiger partial charge in [0.15, 0.2) is 0 Å². The third-order valence-electron chi connectivity index (χ3n) is 7.21. The zero-order valence-electron chi connectivity index (χ0n) is 18.4. The molecule has 0 aromatic heterocycles. The molecule has 2 saturated carbocycles. The van der Waals surface area contributed by atoms with E-state index in [0.29, 0.717) is 0 Å². The van der Waals surface area contributed by atoms with Crippen LogP contribution in [0, 0.1) is 11.8 Å². The molecule has 0 nitrogen and oxygen atoms in total. The molecule has 162 valence electrons. The zero-order valence-corrected chi connectivity index (χ0v) is 20.0. The van der Waals surface area contributed by atoms with Crippen LogP contribution in [0.25, 0.3) is 0 Å². The Morgan fingerprint density at radius 1 is 0.533 bits per heavy atom. The smallest absolute Gasteiger partial charge is 0.0220 e.